The van der Waals surface area contributed by atoms with Gasteiger partial charge in [0.1, 0.15) is 41.7 Å². The van der Waals surface area contributed by atoms with Crippen LogP contribution in [0.25, 0.3) is 0 Å². The molecule has 0 spiro atoms. The standard InChI is InChI=1S/C49H78N14O11/c1-4-33-43(68)60-35(19-20-50)45(70)58-31(23-28(2)3)26-56-34(14-10-21-55-49(53)54)44(69)62-40(37(65)25-52)48(73)63-39(36(64)24-51)46(71)57-27-38(66)41(47(72)59-33)61-42(67)30-15-17-32(18-16-30)74-22-9-8-13-29-11-6-5-7-12-29/h4-7,11-12,15-18,28,31,34-41,56,64-66H,8-10,13-14,19-27,50-52H2,1-3H3,(H,57,71)(H,58,70)(H,59,72)(H,60,68)(H,61,67)(H,62,69)(H,63,73)(H4,53,54,55)/b33-4-/t31-,34-,35-,36?,37?,38?,39?,40?,41?/m0/s1. The maximum atomic E-state index is 14.1. The van der Waals surface area contributed by atoms with E-state index < -0.39 is 116 Å². The summed E-state index contributed by atoms with van der Waals surface area (Å²) in [5, 5.41) is 53.9. The highest BCUT2D eigenvalue weighted by molar-refractivity contribution is 6.03. The number of hydrogen-bond acceptors (Lipinski definition) is 16. The molecule has 0 aromatic heterocycles. The van der Waals surface area contributed by atoms with Gasteiger partial charge < -0.3 is 91.3 Å². The Morgan fingerprint density at radius 1 is 0.784 bits per heavy atom. The van der Waals surface area contributed by atoms with Crippen molar-refractivity contribution in [3.63, 3.8) is 0 Å². The maximum Gasteiger partial charge on any atom is 0.268 e. The number of amides is 7. The van der Waals surface area contributed by atoms with Crippen molar-refractivity contribution in [3.05, 3.63) is 77.5 Å². The lowest BCUT2D eigenvalue weighted by molar-refractivity contribution is -0.136. The lowest BCUT2D eigenvalue weighted by Crippen LogP contribution is -2.64. The minimum absolute atomic E-state index is 0.00393. The van der Waals surface area contributed by atoms with Gasteiger partial charge in [-0.2, -0.15) is 0 Å². The second kappa shape index (κ2) is 32.4. The summed E-state index contributed by atoms with van der Waals surface area (Å²) in [4.78, 5) is 101. The number of unbranched alkanes of at least 4 members (excludes halogenated alkanes) is 1. The van der Waals surface area contributed by atoms with Crippen LogP contribution in [-0.4, -0.2) is 163 Å². The van der Waals surface area contributed by atoms with Crippen LogP contribution in [0.15, 0.2) is 71.4 Å². The van der Waals surface area contributed by atoms with E-state index >= 15 is 0 Å². The van der Waals surface area contributed by atoms with Crippen molar-refractivity contribution in [2.45, 2.75) is 120 Å². The fourth-order valence-corrected chi connectivity index (χ4v) is 7.72. The quantitative estimate of drug-likeness (QED) is 0.0258. The summed E-state index contributed by atoms with van der Waals surface area (Å²) in [6, 6.07) is 7.35. The van der Waals surface area contributed by atoms with E-state index in [9.17, 15) is 48.9 Å². The summed E-state index contributed by atoms with van der Waals surface area (Å²) in [7, 11) is 0. The van der Waals surface area contributed by atoms with Crippen LogP contribution in [-0.2, 0) is 35.2 Å². The third kappa shape index (κ3) is 21.0. The summed E-state index contributed by atoms with van der Waals surface area (Å²) in [6.45, 7) is 3.69. The first-order valence-corrected chi connectivity index (χ1v) is 24.8. The highest BCUT2D eigenvalue weighted by atomic mass is 16.5. The number of aliphatic hydroxyl groups excluding tert-OH is 3. The summed E-state index contributed by atoms with van der Waals surface area (Å²) in [6.07, 6.45) is -1.09. The van der Waals surface area contributed by atoms with E-state index in [1.165, 1.54) is 30.7 Å². The number of benzene rings is 2. The Balaban J connectivity index is 2.01. The molecule has 2 aromatic carbocycles. The fraction of sp³-hybridized carbons (Fsp3) is 0.551. The van der Waals surface area contributed by atoms with Gasteiger partial charge in [0.05, 0.1) is 24.9 Å². The molecule has 1 aliphatic rings. The van der Waals surface area contributed by atoms with E-state index in [1.54, 1.807) is 12.1 Å². The van der Waals surface area contributed by atoms with Crippen LogP contribution in [0.2, 0.25) is 0 Å². The van der Waals surface area contributed by atoms with Crippen LogP contribution >= 0.6 is 0 Å². The van der Waals surface area contributed by atoms with Crippen molar-refractivity contribution in [3.8, 4) is 5.75 Å². The molecule has 0 bridgehead atoms. The number of carbonyl (C=O) groups excluding carboxylic acids is 7. The Bertz CT molecular complexity index is 2180. The second-order valence-corrected chi connectivity index (χ2v) is 18.2. The van der Waals surface area contributed by atoms with Gasteiger partial charge in [-0.1, -0.05) is 50.3 Å². The Morgan fingerprint density at radius 2 is 1.42 bits per heavy atom. The molecule has 2 aromatic rings. The van der Waals surface area contributed by atoms with E-state index in [2.05, 4.69) is 59.7 Å². The molecule has 25 nitrogen and oxygen atoms in total. The third-order valence-corrected chi connectivity index (χ3v) is 11.8. The number of nitrogens with two attached hydrogens (primary N) is 5. The third-order valence-electron chi connectivity index (χ3n) is 11.8. The number of β-amino-alcohol motifs (C(OH)–C–C–N with tert-alkyl or cyclic N) is 1. The highest BCUT2D eigenvalue weighted by Crippen LogP contribution is 2.15. The Labute approximate surface area is 431 Å². The molecular weight excluding hydrogens is 961 g/mol. The summed E-state index contributed by atoms with van der Waals surface area (Å²) in [5.41, 5.74) is 29.2. The van der Waals surface area contributed by atoms with Crippen molar-refractivity contribution >= 4 is 47.3 Å². The minimum atomic E-state index is -1.97. The normalized spacial score (nSPS) is 23.5. The number of guanidine groups is 1. The number of aliphatic imine (C=N–C) groups is 1. The molecule has 25 heteroatoms. The minimum Gasteiger partial charge on any atom is -0.494 e. The molecule has 1 aliphatic heterocycles. The second-order valence-electron chi connectivity index (χ2n) is 18.2. The van der Waals surface area contributed by atoms with Crippen LogP contribution in [0, 0.1) is 5.92 Å². The number of carbonyl (C=O) groups is 7. The number of ether oxygens (including phenoxy) is 1. The molecule has 3 rings (SSSR count). The Morgan fingerprint density at radius 3 is 2.03 bits per heavy atom. The van der Waals surface area contributed by atoms with Crippen LogP contribution in [0.1, 0.15) is 75.2 Å². The van der Waals surface area contributed by atoms with Crippen LogP contribution in [0.5, 0.6) is 5.75 Å². The molecule has 1 heterocycles. The van der Waals surface area contributed by atoms with Crippen molar-refractivity contribution in [1.29, 1.82) is 0 Å². The van der Waals surface area contributed by atoms with Crippen LogP contribution < -0.4 is 75.9 Å². The van der Waals surface area contributed by atoms with Crippen molar-refractivity contribution in [2.24, 2.45) is 39.6 Å². The SMILES string of the molecule is C/C=C1\NC(=O)C(NC(=O)c2ccc(OCCCCc3ccccc3)cc2)C(O)CNC(=O)C(C(O)CN)NC(=O)C(C(O)CN)NC(=O)[C@H](CCCN=C(N)N)NC[C@H](CC(C)C)NC(=O)[C@H](CCN)NC1=O. The van der Waals surface area contributed by atoms with Crippen molar-refractivity contribution < 1.29 is 53.6 Å². The monoisotopic (exact) mass is 1040 g/mol. The first-order chi connectivity index (χ1) is 35.3. The fourth-order valence-electron chi connectivity index (χ4n) is 7.72. The molecule has 0 aliphatic carbocycles. The molecule has 7 amide bonds. The summed E-state index contributed by atoms with van der Waals surface area (Å²) < 4.78 is 5.86. The number of aliphatic hydroxyl groups is 3. The predicted octanol–water partition coefficient (Wildman–Crippen LogP) is -4.32. The average molecular weight is 1040 g/mol. The zero-order chi connectivity index (χ0) is 54.7. The summed E-state index contributed by atoms with van der Waals surface area (Å²) in [5.74, 6) is -6.42. The average Bonchev–Trinajstić information content (AvgIpc) is 3.37. The number of nitrogens with zero attached hydrogens (tertiary/aromatic N) is 1. The topological polar surface area (TPSA) is 428 Å². The van der Waals surface area contributed by atoms with E-state index in [4.69, 9.17) is 33.4 Å². The largest absolute Gasteiger partial charge is 0.494 e. The highest BCUT2D eigenvalue weighted by Gasteiger charge is 2.37. The molecule has 6 unspecified atom stereocenters. The number of nitrogens with one attached hydrogen (secondary N) is 8. The molecule has 21 N–H and O–H groups in total. The zero-order valence-corrected chi connectivity index (χ0v) is 42.4. The number of hydrogen-bond donors (Lipinski definition) is 16. The summed E-state index contributed by atoms with van der Waals surface area (Å²) >= 11 is 0. The first-order valence-electron chi connectivity index (χ1n) is 24.8. The molecule has 74 heavy (non-hydrogen) atoms. The lowest BCUT2D eigenvalue weighted by Gasteiger charge is -2.30. The van der Waals surface area contributed by atoms with Gasteiger partial charge in [-0.3, -0.25) is 38.6 Å². The first kappa shape index (κ1) is 61.6. The zero-order valence-electron chi connectivity index (χ0n) is 42.4. The molecule has 410 valence electrons. The van der Waals surface area contributed by atoms with Gasteiger partial charge in [0.15, 0.2) is 5.96 Å². The predicted molar refractivity (Wildman–Crippen MR) is 276 cm³/mol. The van der Waals surface area contributed by atoms with E-state index in [0.29, 0.717) is 18.8 Å². The van der Waals surface area contributed by atoms with E-state index in [0.717, 1.165) is 19.3 Å². The Kier molecular flexibility index (Phi) is 27.0. The van der Waals surface area contributed by atoms with Gasteiger partial charge >= 0.3 is 0 Å². The molecular formula is C49H78N14O11. The molecule has 1 saturated heterocycles. The van der Waals surface area contributed by atoms with Crippen LogP contribution in [0.4, 0.5) is 0 Å². The molecule has 1 fully saturated rings. The van der Waals surface area contributed by atoms with Gasteiger partial charge in [-0.25, -0.2) is 0 Å². The van der Waals surface area contributed by atoms with Crippen molar-refractivity contribution in [1.82, 2.24) is 42.5 Å². The number of rotatable bonds is 20. The number of aryl methyl sites for hydroxylation is 1. The van der Waals surface area contributed by atoms with Gasteiger partial charge in [-0.15, -0.1) is 0 Å². The van der Waals surface area contributed by atoms with Gasteiger partial charge in [0.2, 0.25) is 29.5 Å². The molecule has 9 atom stereocenters. The van der Waals surface area contributed by atoms with Gasteiger partial charge in [0, 0.05) is 44.3 Å². The number of allylic oxidation sites excluding steroid dienone is 1. The van der Waals surface area contributed by atoms with Crippen molar-refractivity contribution in [2.75, 3.05) is 45.9 Å². The smallest absolute Gasteiger partial charge is 0.268 e. The van der Waals surface area contributed by atoms with Gasteiger partial charge in [0.25, 0.3) is 11.8 Å². The van der Waals surface area contributed by atoms with Gasteiger partial charge in [-0.05, 0) is 94.2 Å². The molecule has 0 saturated carbocycles. The van der Waals surface area contributed by atoms with E-state index in [1.807, 2.05) is 32.0 Å². The Hall–Kier alpha value is -6.74. The lowest BCUT2D eigenvalue weighted by atomic mass is 10.0. The molecule has 0 radical (unpaired) electrons. The maximum absolute atomic E-state index is 14.1. The van der Waals surface area contributed by atoms with Crippen LogP contribution in [0.3, 0.4) is 0 Å². The van der Waals surface area contributed by atoms with E-state index in [-0.39, 0.29) is 62.0 Å².